The summed E-state index contributed by atoms with van der Waals surface area (Å²) < 4.78 is 34.5. The van der Waals surface area contributed by atoms with Crippen molar-refractivity contribution in [3.8, 4) is 0 Å². The van der Waals surface area contributed by atoms with E-state index in [1.807, 2.05) is 0 Å². The quantitative estimate of drug-likeness (QED) is 0.250. The Hall–Kier alpha value is -0.700. The highest BCUT2D eigenvalue weighted by Gasteiger charge is 2.40. The first-order valence-electron chi connectivity index (χ1n) is 9.80. The molecule has 0 unspecified atom stereocenters. The van der Waals surface area contributed by atoms with E-state index in [0.29, 0.717) is 0 Å². The Balaban J connectivity index is 0.000000758. The molecule has 2 N–H and O–H groups in total. The van der Waals surface area contributed by atoms with E-state index in [1.165, 1.54) is 51.4 Å². The Bertz CT molecular complexity index is 519. The minimum atomic E-state index is -4.42. The molecular weight excluding hydrogens is 354 g/mol. The molecule has 0 aromatic carbocycles. The molecule has 8 heteroatoms. The summed E-state index contributed by atoms with van der Waals surface area (Å²) in [5.74, 6) is 1.54. The van der Waals surface area contributed by atoms with Gasteiger partial charge < -0.3 is 10.3 Å². The predicted octanol–water partition coefficient (Wildman–Crippen LogP) is 2.17. The largest absolute Gasteiger partial charge is 0.726 e. The van der Waals surface area contributed by atoms with Crippen molar-refractivity contribution in [2.45, 2.75) is 66.7 Å². The zero-order valence-electron chi connectivity index (χ0n) is 17.3. The van der Waals surface area contributed by atoms with Crippen LogP contribution in [0.5, 0.6) is 0 Å². The Morgan fingerprint density at radius 3 is 2.31 bits per heavy atom. The first kappa shape index (κ1) is 25.3. The summed E-state index contributed by atoms with van der Waals surface area (Å²) in [6, 6.07) is 0. The van der Waals surface area contributed by atoms with E-state index in [2.05, 4.69) is 41.4 Å². The number of hydrogen-bond donors (Lipinski definition) is 1. The maximum absolute atomic E-state index is 9.45. The molecule has 0 saturated heterocycles. The molecule has 7 nitrogen and oxygen atoms in total. The van der Waals surface area contributed by atoms with E-state index < -0.39 is 10.4 Å². The Morgan fingerprint density at radius 2 is 1.88 bits per heavy atom. The normalized spacial score (nSPS) is 15.3. The first-order chi connectivity index (χ1) is 12.1. The van der Waals surface area contributed by atoms with Gasteiger partial charge in [0, 0.05) is 6.54 Å². The molecule has 0 bridgehead atoms. The van der Waals surface area contributed by atoms with Gasteiger partial charge in [0.2, 0.25) is 10.4 Å². The number of likely N-dealkylation sites (N-methyl/N-ethyl adjacent to an activating group) is 1. The van der Waals surface area contributed by atoms with Crippen LogP contribution in [0.25, 0.3) is 0 Å². The minimum absolute atomic E-state index is 0.0914. The van der Waals surface area contributed by atoms with Gasteiger partial charge in [0.25, 0.3) is 5.84 Å². The van der Waals surface area contributed by atoms with E-state index in [1.54, 1.807) is 0 Å². The minimum Gasteiger partial charge on any atom is -0.726 e. The zero-order valence-corrected chi connectivity index (χ0v) is 18.1. The van der Waals surface area contributed by atoms with Gasteiger partial charge in [0.15, 0.2) is 0 Å². The van der Waals surface area contributed by atoms with Crippen molar-refractivity contribution in [2.24, 2.45) is 11.1 Å². The number of amidine groups is 1. The lowest BCUT2D eigenvalue weighted by atomic mass is 9.84. The molecule has 1 heterocycles. The lowest BCUT2D eigenvalue weighted by molar-refractivity contribution is -0.519. The molecule has 0 radical (unpaired) electrons. The number of rotatable bonds is 11. The van der Waals surface area contributed by atoms with Crippen molar-refractivity contribution >= 4 is 16.2 Å². The molecule has 0 spiro atoms. The molecule has 0 aromatic heterocycles. The van der Waals surface area contributed by atoms with Gasteiger partial charge in [-0.3, -0.25) is 13.7 Å². The van der Waals surface area contributed by atoms with Crippen LogP contribution < -0.4 is 5.73 Å². The number of nitrogens with zero attached hydrogens (tertiary/aromatic N) is 2. The average molecular weight is 394 g/mol. The second kappa shape index (κ2) is 12.6. The van der Waals surface area contributed by atoms with Gasteiger partial charge in [0.05, 0.1) is 25.1 Å². The molecule has 26 heavy (non-hydrogen) atoms. The van der Waals surface area contributed by atoms with Crippen LogP contribution in [0, 0.1) is 5.41 Å². The molecule has 1 aliphatic rings. The molecular formula is C18H39N3O4S. The van der Waals surface area contributed by atoms with Gasteiger partial charge in [-0.05, 0) is 34.1 Å². The van der Waals surface area contributed by atoms with E-state index >= 15 is 0 Å². The Morgan fingerprint density at radius 1 is 1.23 bits per heavy atom. The molecule has 156 valence electrons. The summed E-state index contributed by atoms with van der Waals surface area (Å²) in [5, 5.41) is 0. The molecule has 0 saturated carbocycles. The van der Waals surface area contributed by atoms with Crippen molar-refractivity contribution in [1.29, 1.82) is 0 Å². The van der Waals surface area contributed by atoms with E-state index in [0.717, 1.165) is 26.2 Å². The molecule has 0 atom stereocenters. The molecule has 0 fully saturated rings. The van der Waals surface area contributed by atoms with Gasteiger partial charge >= 0.3 is 0 Å². The molecule has 0 aromatic rings. The van der Waals surface area contributed by atoms with Crippen molar-refractivity contribution in [1.82, 2.24) is 4.90 Å². The van der Waals surface area contributed by atoms with Crippen LogP contribution >= 0.6 is 0 Å². The number of nitrogens with two attached hydrogens (primary N) is 1. The van der Waals surface area contributed by atoms with Crippen LogP contribution in [0.2, 0.25) is 0 Å². The van der Waals surface area contributed by atoms with Crippen LogP contribution in [0.1, 0.15) is 66.7 Å². The zero-order chi connectivity index (χ0) is 20.2. The third-order valence-electron chi connectivity index (χ3n) is 4.54. The van der Waals surface area contributed by atoms with Crippen LogP contribution in [0.3, 0.4) is 0 Å². The first-order valence-corrected chi connectivity index (χ1v) is 11.1. The van der Waals surface area contributed by atoms with Gasteiger partial charge in [-0.15, -0.1) is 0 Å². The number of hydrogen-bond acceptors (Lipinski definition) is 6. The second-order valence-corrected chi connectivity index (χ2v) is 8.24. The van der Waals surface area contributed by atoms with Crippen LogP contribution in [0.15, 0.2) is 0 Å². The van der Waals surface area contributed by atoms with Gasteiger partial charge in [-0.2, -0.15) is 0 Å². The molecule has 0 amide bonds. The van der Waals surface area contributed by atoms with Gasteiger partial charge in [0.1, 0.15) is 13.1 Å². The third-order valence-corrected chi connectivity index (χ3v) is 5.07. The fourth-order valence-electron chi connectivity index (χ4n) is 3.44. The van der Waals surface area contributed by atoms with Crippen LogP contribution in [-0.4, -0.2) is 67.6 Å². The Kier molecular flexibility index (Phi) is 12.3. The SMILES string of the molecule is CCCCCCC(C)(C)C1=[N+](CCN)CCN1CC.CCOS(=O)(=O)[O-]. The summed E-state index contributed by atoms with van der Waals surface area (Å²) in [7, 11) is -4.42. The van der Waals surface area contributed by atoms with Crippen LogP contribution in [-0.2, 0) is 14.6 Å². The lowest BCUT2D eigenvalue weighted by Gasteiger charge is -2.27. The fraction of sp³-hybridized carbons (Fsp3) is 0.944. The predicted molar refractivity (Wildman–Crippen MR) is 105 cm³/mol. The summed E-state index contributed by atoms with van der Waals surface area (Å²) in [6.07, 6.45) is 6.70. The smallest absolute Gasteiger partial charge is 0.252 e. The van der Waals surface area contributed by atoms with E-state index in [4.69, 9.17) is 5.73 Å². The average Bonchev–Trinajstić information content (AvgIpc) is 2.95. The maximum atomic E-state index is 9.45. The fourth-order valence-corrected chi connectivity index (χ4v) is 3.73. The van der Waals surface area contributed by atoms with Gasteiger partial charge in [-0.1, -0.05) is 32.6 Å². The third kappa shape index (κ3) is 9.85. The summed E-state index contributed by atoms with van der Waals surface area (Å²) in [6.45, 7) is 15.9. The summed E-state index contributed by atoms with van der Waals surface area (Å²) in [4.78, 5) is 2.55. The van der Waals surface area contributed by atoms with Crippen molar-refractivity contribution in [3.63, 3.8) is 0 Å². The number of unbranched alkanes of at least 4 members (excludes halogenated alkanes) is 3. The standard InChI is InChI=1S/C16H34N3.C2H6O4S/c1-5-7-8-9-10-16(3,4)15-18(6-2)13-14-19(15)12-11-17;1-2-6-7(3,4)5/h5-14,17H2,1-4H3;2H2,1H3,(H,3,4,5)/q+1;/p-1. The van der Waals surface area contributed by atoms with Crippen molar-refractivity contribution in [3.05, 3.63) is 0 Å². The highest BCUT2D eigenvalue weighted by Crippen LogP contribution is 2.29. The summed E-state index contributed by atoms with van der Waals surface area (Å²) >= 11 is 0. The van der Waals surface area contributed by atoms with Crippen molar-refractivity contribution < 1.29 is 21.7 Å². The van der Waals surface area contributed by atoms with Crippen LogP contribution in [0.4, 0.5) is 0 Å². The molecule has 1 aliphatic heterocycles. The molecule has 1 rings (SSSR count). The second-order valence-electron chi connectivity index (χ2n) is 7.19. The van der Waals surface area contributed by atoms with E-state index in [9.17, 15) is 13.0 Å². The maximum Gasteiger partial charge on any atom is 0.252 e. The van der Waals surface area contributed by atoms with Gasteiger partial charge in [-0.25, -0.2) is 8.42 Å². The topological polar surface area (TPSA) is 98.7 Å². The monoisotopic (exact) mass is 393 g/mol. The van der Waals surface area contributed by atoms with E-state index in [-0.39, 0.29) is 12.0 Å². The summed E-state index contributed by atoms with van der Waals surface area (Å²) in [5.41, 5.74) is 6.05. The van der Waals surface area contributed by atoms with Crippen molar-refractivity contribution in [2.75, 3.05) is 39.3 Å². The highest BCUT2D eigenvalue weighted by atomic mass is 32.3. The molecule has 0 aliphatic carbocycles. The lowest BCUT2D eigenvalue weighted by Crippen LogP contribution is -2.41. The Labute approximate surface area is 160 Å². The highest BCUT2D eigenvalue weighted by molar-refractivity contribution is 7.80.